The van der Waals surface area contributed by atoms with Gasteiger partial charge in [0, 0.05) is 25.0 Å². The number of nitrogens with zero attached hydrogens (tertiary/aromatic N) is 2. The molecule has 0 aliphatic carbocycles. The van der Waals surface area contributed by atoms with Gasteiger partial charge in [0.15, 0.2) is 0 Å². The minimum absolute atomic E-state index is 0.447. The molecule has 1 fully saturated rings. The number of aromatic nitrogens is 2. The first-order valence-corrected chi connectivity index (χ1v) is 7.26. The summed E-state index contributed by atoms with van der Waals surface area (Å²) in [5.41, 5.74) is 0. The van der Waals surface area contributed by atoms with E-state index in [-0.39, 0.29) is 0 Å². The monoisotopic (exact) mass is 239 g/mol. The third-order valence-corrected chi connectivity index (χ3v) is 3.98. The van der Waals surface area contributed by atoms with Crippen LogP contribution in [0.25, 0.3) is 0 Å². The van der Waals surface area contributed by atoms with Crippen LogP contribution in [0.4, 0.5) is 5.95 Å². The summed E-state index contributed by atoms with van der Waals surface area (Å²) in [6, 6.07) is 0.447. The molecule has 1 N–H and O–H groups in total. The summed E-state index contributed by atoms with van der Waals surface area (Å²) in [6.45, 7) is 5.42. The van der Waals surface area contributed by atoms with Crippen molar-refractivity contribution in [3.63, 3.8) is 0 Å². The minimum Gasteiger partial charge on any atom is -0.353 e. The molecule has 0 aromatic carbocycles. The Bertz CT molecular complexity index is 316. The summed E-state index contributed by atoms with van der Waals surface area (Å²) in [4.78, 5) is 4.37. The normalized spacial score (nSPS) is 17.9. The molecule has 0 unspecified atom stereocenters. The summed E-state index contributed by atoms with van der Waals surface area (Å²) in [7, 11) is 0. The minimum atomic E-state index is 0.447. The van der Waals surface area contributed by atoms with Crippen LogP contribution in [0.15, 0.2) is 12.4 Å². The zero-order valence-corrected chi connectivity index (χ0v) is 11.0. The predicted octanol–water partition coefficient (Wildman–Crippen LogP) is 2.85. The van der Waals surface area contributed by atoms with Gasteiger partial charge in [0.2, 0.25) is 5.95 Å². The fourth-order valence-electron chi connectivity index (χ4n) is 2.06. The first-order valence-electron chi connectivity index (χ1n) is 6.11. The lowest BCUT2D eigenvalue weighted by molar-refractivity contribution is 0.418. The molecule has 0 atom stereocenters. The maximum Gasteiger partial charge on any atom is 0.202 e. The van der Waals surface area contributed by atoms with E-state index in [9.17, 15) is 0 Å². The summed E-state index contributed by atoms with van der Waals surface area (Å²) >= 11 is 2.09. The Morgan fingerprint density at radius 1 is 1.50 bits per heavy atom. The van der Waals surface area contributed by atoms with Crippen molar-refractivity contribution in [2.24, 2.45) is 5.92 Å². The third kappa shape index (κ3) is 3.17. The number of nitrogens with one attached hydrogen (secondary N) is 1. The highest BCUT2D eigenvalue weighted by Gasteiger charge is 2.15. The van der Waals surface area contributed by atoms with E-state index < -0.39 is 0 Å². The van der Waals surface area contributed by atoms with E-state index in [1.807, 2.05) is 6.20 Å². The molecule has 1 aromatic heterocycles. The molecule has 1 aromatic rings. The quantitative estimate of drug-likeness (QED) is 0.876. The number of thioether (sulfide) groups is 1. The largest absolute Gasteiger partial charge is 0.353 e. The average Bonchev–Trinajstić information content (AvgIpc) is 2.66. The van der Waals surface area contributed by atoms with E-state index in [2.05, 4.69) is 46.7 Å². The molecule has 16 heavy (non-hydrogen) atoms. The van der Waals surface area contributed by atoms with Gasteiger partial charge in [-0.05, 0) is 44.1 Å². The Morgan fingerprint density at radius 3 is 2.94 bits per heavy atom. The van der Waals surface area contributed by atoms with Gasteiger partial charge in [0.1, 0.15) is 0 Å². The fourth-order valence-corrected chi connectivity index (χ4v) is 3.27. The molecule has 0 amide bonds. The van der Waals surface area contributed by atoms with Crippen molar-refractivity contribution < 1.29 is 0 Å². The Balaban J connectivity index is 1.94. The molecular weight excluding hydrogens is 218 g/mol. The molecule has 0 saturated carbocycles. The smallest absolute Gasteiger partial charge is 0.202 e. The van der Waals surface area contributed by atoms with Crippen molar-refractivity contribution in [3.8, 4) is 0 Å². The summed E-state index contributed by atoms with van der Waals surface area (Å²) < 4.78 is 2.26. The molecule has 0 spiro atoms. The Labute approximate surface area is 102 Å². The van der Waals surface area contributed by atoms with Gasteiger partial charge in [0.25, 0.3) is 0 Å². The molecule has 4 heteroatoms. The predicted molar refractivity (Wildman–Crippen MR) is 71.0 cm³/mol. The summed E-state index contributed by atoms with van der Waals surface area (Å²) in [6.07, 6.45) is 6.68. The number of imidazole rings is 1. The third-order valence-electron chi connectivity index (χ3n) is 2.93. The van der Waals surface area contributed by atoms with Crippen LogP contribution in [0.2, 0.25) is 0 Å². The van der Waals surface area contributed by atoms with Crippen LogP contribution < -0.4 is 5.32 Å². The number of hydrogen-bond donors (Lipinski definition) is 1. The van der Waals surface area contributed by atoms with Crippen LogP contribution in [0.5, 0.6) is 0 Å². The van der Waals surface area contributed by atoms with Gasteiger partial charge in [-0.3, -0.25) is 0 Å². The Hall–Kier alpha value is -0.640. The van der Waals surface area contributed by atoms with Crippen molar-refractivity contribution >= 4 is 17.7 Å². The van der Waals surface area contributed by atoms with Crippen molar-refractivity contribution in [1.29, 1.82) is 0 Å². The standard InChI is InChI=1S/C12H21N3S/c1-10(2)14-12-13-5-6-15(12)9-11-3-7-16-8-4-11/h5-6,10-11H,3-4,7-9H2,1-2H3,(H,13,14). The zero-order valence-electron chi connectivity index (χ0n) is 10.1. The van der Waals surface area contributed by atoms with Gasteiger partial charge in [-0.25, -0.2) is 4.98 Å². The molecule has 1 saturated heterocycles. The molecular formula is C12H21N3S. The zero-order chi connectivity index (χ0) is 11.4. The van der Waals surface area contributed by atoms with Crippen LogP contribution in [0.3, 0.4) is 0 Å². The van der Waals surface area contributed by atoms with E-state index in [1.54, 1.807) is 0 Å². The lowest BCUT2D eigenvalue weighted by Gasteiger charge is -2.23. The second-order valence-corrected chi connectivity index (χ2v) is 5.98. The highest BCUT2D eigenvalue weighted by atomic mass is 32.2. The van der Waals surface area contributed by atoms with Crippen LogP contribution in [0, 0.1) is 5.92 Å². The Morgan fingerprint density at radius 2 is 2.25 bits per heavy atom. The van der Waals surface area contributed by atoms with Crippen molar-refractivity contribution in [2.75, 3.05) is 16.8 Å². The van der Waals surface area contributed by atoms with Crippen LogP contribution >= 0.6 is 11.8 Å². The van der Waals surface area contributed by atoms with Gasteiger partial charge in [-0.1, -0.05) is 0 Å². The van der Waals surface area contributed by atoms with E-state index >= 15 is 0 Å². The average molecular weight is 239 g/mol. The number of anilines is 1. The molecule has 2 heterocycles. The van der Waals surface area contributed by atoms with Crippen molar-refractivity contribution in [3.05, 3.63) is 12.4 Å². The van der Waals surface area contributed by atoms with Crippen molar-refractivity contribution in [2.45, 2.75) is 39.3 Å². The summed E-state index contributed by atoms with van der Waals surface area (Å²) in [5, 5.41) is 3.39. The molecule has 90 valence electrons. The highest BCUT2D eigenvalue weighted by Crippen LogP contribution is 2.25. The molecule has 3 nitrogen and oxygen atoms in total. The fraction of sp³-hybridized carbons (Fsp3) is 0.750. The van der Waals surface area contributed by atoms with Gasteiger partial charge in [-0.2, -0.15) is 11.8 Å². The second kappa shape index (κ2) is 5.62. The maximum absolute atomic E-state index is 4.37. The van der Waals surface area contributed by atoms with E-state index in [0.29, 0.717) is 6.04 Å². The highest BCUT2D eigenvalue weighted by molar-refractivity contribution is 7.99. The van der Waals surface area contributed by atoms with Crippen LogP contribution in [-0.2, 0) is 6.54 Å². The molecule has 1 aliphatic rings. The first kappa shape index (κ1) is 11.8. The maximum atomic E-state index is 4.37. The topological polar surface area (TPSA) is 29.9 Å². The van der Waals surface area contributed by atoms with Gasteiger partial charge in [-0.15, -0.1) is 0 Å². The Kier molecular flexibility index (Phi) is 4.16. The lowest BCUT2D eigenvalue weighted by atomic mass is 10.0. The van der Waals surface area contributed by atoms with Gasteiger partial charge in [0.05, 0.1) is 0 Å². The molecule has 1 aliphatic heterocycles. The first-order chi connectivity index (χ1) is 7.75. The van der Waals surface area contributed by atoms with E-state index in [0.717, 1.165) is 18.4 Å². The van der Waals surface area contributed by atoms with Crippen molar-refractivity contribution in [1.82, 2.24) is 9.55 Å². The van der Waals surface area contributed by atoms with Gasteiger partial charge >= 0.3 is 0 Å². The van der Waals surface area contributed by atoms with Crippen LogP contribution in [0.1, 0.15) is 26.7 Å². The second-order valence-electron chi connectivity index (χ2n) is 4.76. The van der Waals surface area contributed by atoms with E-state index in [4.69, 9.17) is 0 Å². The SMILES string of the molecule is CC(C)Nc1nccn1CC1CCSCC1. The van der Waals surface area contributed by atoms with E-state index in [1.165, 1.54) is 24.3 Å². The van der Waals surface area contributed by atoms with Gasteiger partial charge < -0.3 is 9.88 Å². The lowest BCUT2D eigenvalue weighted by Crippen LogP contribution is -2.19. The number of rotatable bonds is 4. The summed E-state index contributed by atoms with van der Waals surface area (Å²) in [5.74, 6) is 4.51. The molecule has 0 radical (unpaired) electrons. The van der Waals surface area contributed by atoms with Crippen LogP contribution in [-0.4, -0.2) is 27.1 Å². The number of hydrogen-bond acceptors (Lipinski definition) is 3. The molecule has 2 rings (SSSR count). The molecule has 0 bridgehead atoms.